The maximum Gasteiger partial charge on any atom is 0.394 e. The summed E-state index contributed by atoms with van der Waals surface area (Å²) < 4.78 is 38.2. The van der Waals surface area contributed by atoms with E-state index < -0.39 is 12.1 Å². The van der Waals surface area contributed by atoms with Gasteiger partial charge < -0.3 is 10.2 Å². The van der Waals surface area contributed by atoms with Crippen molar-refractivity contribution in [3.63, 3.8) is 0 Å². The summed E-state index contributed by atoms with van der Waals surface area (Å²) in [5.41, 5.74) is 0.341. The third-order valence-electron chi connectivity index (χ3n) is 4.13. The van der Waals surface area contributed by atoms with Crippen molar-refractivity contribution in [2.45, 2.75) is 26.4 Å². The van der Waals surface area contributed by atoms with E-state index in [1.165, 1.54) is 0 Å². The van der Waals surface area contributed by atoms with Gasteiger partial charge in [0, 0.05) is 32.7 Å². The molecule has 2 nitrogen and oxygen atoms in total. The molecule has 0 bridgehead atoms. The third kappa shape index (κ3) is 3.35. The van der Waals surface area contributed by atoms with E-state index in [-0.39, 0.29) is 13.1 Å². The van der Waals surface area contributed by atoms with Crippen LogP contribution >= 0.6 is 0 Å². The highest BCUT2D eigenvalue weighted by molar-refractivity contribution is 4.97. The Morgan fingerprint density at radius 2 is 2.00 bits per heavy atom. The summed E-state index contributed by atoms with van der Waals surface area (Å²) in [6, 6.07) is 0. The summed E-state index contributed by atoms with van der Waals surface area (Å²) in [6.07, 6.45) is -2.93. The van der Waals surface area contributed by atoms with Crippen LogP contribution in [0.5, 0.6) is 0 Å². The van der Waals surface area contributed by atoms with Crippen molar-refractivity contribution in [2.75, 3.05) is 32.7 Å². The largest absolute Gasteiger partial charge is 0.394 e. The lowest BCUT2D eigenvalue weighted by Gasteiger charge is -2.25. The second-order valence-corrected chi connectivity index (χ2v) is 6.09. The molecule has 0 spiro atoms. The van der Waals surface area contributed by atoms with Gasteiger partial charge >= 0.3 is 6.18 Å². The molecule has 5 heteroatoms. The van der Waals surface area contributed by atoms with Gasteiger partial charge in [-0.3, -0.25) is 0 Å². The number of hydrogen-bond donors (Lipinski definition) is 1. The summed E-state index contributed by atoms with van der Waals surface area (Å²) in [7, 11) is 0. The van der Waals surface area contributed by atoms with Crippen molar-refractivity contribution in [3.8, 4) is 0 Å². The fraction of sp³-hybridized carbons (Fsp3) is 1.00. The number of nitrogens with one attached hydrogen (secondary N) is 1. The van der Waals surface area contributed by atoms with Crippen LogP contribution in [-0.4, -0.2) is 43.8 Å². The fourth-order valence-electron chi connectivity index (χ4n) is 2.57. The standard InChI is InChI=1S/C12H21F3N2/c1-11(2)5-9(11)7-17-4-3-16-6-10(8-17)12(13,14)15/h9-10,16H,3-8H2,1-2H3. The zero-order valence-electron chi connectivity index (χ0n) is 10.5. The summed E-state index contributed by atoms with van der Waals surface area (Å²) >= 11 is 0. The van der Waals surface area contributed by atoms with E-state index in [9.17, 15) is 13.2 Å². The number of alkyl halides is 3. The first-order valence-corrected chi connectivity index (χ1v) is 6.29. The molecule has 0 radical (unpaired) electrons. The minimum Gasteiger partial charge on any atom is -0.315 e. The van der Waals surface area contributed by atoms with Crippen molar-refractivity contribution >= 4 is 0 Å². The van der Waals surface area contributed by atoms with E-state index in [1.807, 2.05) is 4.90 Å². The van der Waals surface area contributed by atoms with Gasteiger partial charge in [0.2, 0.25) is 0 Å². The predicted octanol–water partition coefficient (Wildman–Crippen LogP) is 2.12. The highest BCUT2D eigenvalue weighted by Gasteiger charge is 2.47. The average molecular weight is 250 g/mol. The molecule has 1 saturated carbocycles. The molecule has 2 atom stereocenters. The Balaban J connectivity index is 1.89. The summed E-state index contributed by atoms with van der Waals surface area (Å²) in [4.78, 5) is 1.98. The van der Waals surface area contributed by atoms with E-state index in [0.29, 0.717) is 17.9 Å². The molecule has 1 heterocycles. The van der Waals surface area contributed by atoms with Crippen LogP contribution in [0.15, 0.2) is 0 Å². The second kappa shape index (κ2) is 4.43. The van der Waals surface area contributed by atoms with Crippen LogP contribution in [0.25, 0.3) is 0 Å². The molecule has 1 aliphatic heterocycles. The van der Waals surface area contributed by atoms with Crippen LogP contribution in [0.3, 0.4) is 0 Å². The first kappa shape index (κ1) is 13.1. The SMILES string of the molecule is CC1(C)CC1CN1CCNCC(C(F)(F)F)C1. The highest BCUT2D eigenvalue weighted by Crippen LogP contribution is 2.51. The fourth-order valence-corrected chi connectivity index (χ4v) is 2.57. The molecular weight excluding hydrogens is 229 g/mol. The van der Waals surface area contributed by atoms with Gasteiger partial charge in [-0.05, 0) is 17.8 Å². The predicted molar refractivity (Wildman–Crippen MR) is 60.7 cm³/mol. The van der Waals surface area contributed by atoms with Crippen molar-refractivity contribution < 1.29 is 13.2 Å². The van der Waals surface area contributed by atoms with Crippen LogP contribution in [0.1, 0.15) is 20.3 Å². The zero-order chi connectivity index (χ0) is 12.7. The Morgan fingerprint density at radius 1 is 1.35 bits per heavy atom. The second-order valence-electron chi connectivity index (χ2n) is 6.09. The number of rotatable bonds is 2. The van der Waals surface area contributed by atoms with Crippen LogP contribution in [-0.2, 0) is 0 Å². The average Bonchev–Trinajstić information content (AvgIpc) is 2.83. The molecule has 0 aromatic carbocycles. The monoisotopic (exact) mass is 250 g/mol. The maximum atomic E-state index is 12.7. The van der Waals surface area contributed by atoms with Crippen molar-refractivity contribution in [3.05, 3.63) is 0 Å². The molecule has 1 aliphatic carbocycles. The van der Waals surface area contributed by atoms with Crippen LogP contribution < -0.4 is 5.32 Å². The van der Waals surface area contributed by atoms with Gasteiger partial charge in [0.25, 0.3) is 0 Å². The first-order valence-electron chi connectivity index (χ1n) is 6.29. The molecule has 0 aromatic rings. The summed E-state index contributed by atoms with van der Waals surface area (Å²) in [5.74, 6) is -0.638. The topological polar surface area (TPSA) is 15.3 Å². The van der Waals surface area contributed by atoms with Crippen molar-refractivity contribution in [1.82, 2.24) is 10.2 Å². The Labute approximate surface area is 101 Å². The quantitative estimate of drug-likeness (QED) is 0.807. The molecule has 2 aliphatic rings. The molecule has 2 rings (SSSR count). The van der Waals surface area contributed by atoms with Crippen LogP contribution in [0.2, 0.25) is 0 Å². The Bertz CT molecular complexity index is 275. The van der Waals surface area contributed by atoms with Gasteiger partial charge in [-0.1, -0.05) is 13.8 Å². The number of nitrogens with zero attached hydrogens (tertiary/aromatic N) is 1. The van der Waals surface area contributed by atoms with Crippen LogP contribution in [0.4, 0.5) is 13.2 Å². The molecule has 2 fully saturated rings. The molecule has 0 amide bonds. The highest BCUT2D eigenvalue weighted by atomic mass is 19.4. The Kier molecular flexibility index (Phi) is 3.42. The van der Waals surface area contributed by atoms with Gasteiger partial charge in [-0.15, -0.1) is 0 Å². The van der Waals surface area contributed by atoms with Gasteiger partial charge in [-0.2, -0.15) is 13.2 Å². The van der Waals surface area contributed by atoms with E-state index >= 15 is 0 Å². The molecule has 1 N–H and O–H groups in total. The van der Waals surface area contributed by atoms with Gasteiger partial charge in [0.15, 0.2) is 0 Å². The van der Waals surface area contributed by atoms with Crippen molar-refractivity contribution in [2.24, 2.45) is 17.3 Å². The summed E-state index contributed by atoms with van der Waals surface area (Å²) in [5, 5.41) is 2.89. The Hall–Kier alpha value is -0.290. The normalized spacial score (nSPS) is 34.4. The number of halogens is 3. The molecular formula is C12H21F3N2. The number of hydrogen-bond acceptors (Lipinski definition) is 2. The molecule has 0 aromatic heterocycles. The molecule has 100 valence electrons. The van der Waals surface area contributed by atoms with E-state index in [1.54, 1.807) is 0 Å². The van der Waals surface area contributed by atoms with Crippen molar-refractivity contribution in [1.29, 1.82) is 0 Å². The minimum absolute atomic E-state index is 0.0636. The van der Waals surface area contributed by atoms with Gasteiger partial charge in [0.1, 0.15) is 0 Å². The lowest BCUT2D eigenvalue weighted by molar-refractivity contribution is -0.175. The van der Waals surface area contributed by atoms with Gasteiger partial charge in [-0.25, -0.2) is 0 Å². The van der Waals surface area contributed by atoms with Crippen LogP contribution in [0, 0.1) is 17.3 Å². The summed E-state index contributed by atoms with van der Waals surface area (Å²) in [6.45, 7) is 6.82. The third-order valence-corrected chi connectivity index (χ3v) is 4.13. The molecule has 17 heavy (non-hydrogen) atoms. The van der Waals surface area contributed by atoms with E-state index in [0.717, 1.165) is 19.5 Å². The van der Waals surface area contributed by atoms with E-state index in [2.05, 4.69) is 19.2 Å². The van der Waals surface area contributed by atoms with Gasteiger partial charge in [0.05, 0.1) is 5.92 Å². The Morgan fingerprint density at radius 3 is 2.53 bits per heavy atom. The molecule has 1 saturated heterocycles. The molecule has 2 unspecified atom stereocenters. The lowest BCUT2D eigenvalue weighted by atomic mass is 10.1. The zero-order valence-corrected chi connectivity index (χ0v) is 10.5. The first-order chi connectivity index (χ1) is 7.79. The minimum atomic E-state index is -4.07. The van der Waals surface area contributed by atoms with E-state index in [4.69, 9.17) is 0 Å². The smallest absolute Gasteiger partial charge is 0.315 e. The maximum absolute atomic E-state index is 12.7. The lowest BCUT2D eigenvalue weighted by Crippen LogP contribution is -2.39.